The third-order valence-corrected chi connectivity index (χ3v) is 13.9. The number of nitrogens with zero attached hydrogens (tertiary/aromatic N) is 2. The van der Waals surface area contributed by atoms with E-state index in [0.717, 1.165) is 62.5 Å². The molecule has 0 aliphatic carbocycles. The summed E-state index contributed by atoms with van der Waals surface area (Å²) in [5.41, 5.74) is 10.5. The molecule has 0 saturated carbocycles. The Morgan fingerprint density at radius 2 is 1.33 bits per heavy atom. The molecule has 0 radical (unpaired) electrons. The van der Waals surface area contributed by atoms with Gasteiger partial charge in [0, 0.05) is 32.4 Å². The Hall–Kier alpha value is -5.42. The molecule has 2 heterocycles. The molecule has 2 saturated heterocycles. The van der Waals surface area contributed by atoms with Gasteiger partial charge in [-0.25, -0.2) is 4.79 Å². The molecule has 1 aromatic carbocycles. The van der Waals surface area contributed by atoms with Crippen molar-refractivity contribution in [3.8, 4) is 5.75 Å². The first-order valence-electron chi connectivity index (χ1n) is 27.4. The summed E-state index contributed by atoms with van der Waals surface area (Å²) in [4.78, 5) is 109. The summed E-state index contributed by atoms with van der Waals surface area (Å²) in [6.45, 7) is 9.30. The molecule has 79 heavy (non-hydrogen) atoms. The summed E-state index contributed by atoms with van der Waals surface area (Å²) in [6, 6.07) is -6.86. The Balaban J connectivity index is 0.00000407. The number of rotatable bonds is 24. The molecule has 3 rings (SSSR count). The van der Waals surface area contributed by atoms with Gasteiger partial charge >= 0.3 is 6.03 Å². The van der Waals surface area contributed by atoms with E-state index in [9.17, 15) is 84.3 Å². The molecule has 16 atom stereocenters. The van der Waals surface area contributed by atoms with E-state index >= 15 is 0 Å². The van der Waals surface area contributed by atoms with E-state index in [4.69, 9.17) is 11.5 Å². The number of aromatic hydroxyl groups is 1. The first-order chi connectivity index (χ1) is 37.2. The molecule has 2 aliphatic heterocycles. The Labute approximate surface area is 462 Å². The largest absolute Gasteiger partial charge is 0.508 e. The molecule has 2 aliphatic rings. The molecule has 0 bridgehead atoms. The minimum atomic E-state index is -2.31. The van der Waals surface area contributed by atoms with Gasteiger partial charge in [-0.1, -0.05) is 77.8 Å². The number of hydrogen-bond donors (Lipinski definition) is 16. The van der Waals surface area contributed by atoms with Crippen LogP contribution in [0.2, 0.25) is 0 Å². The second-order valence-electron chi connectivity index (χ2n) is 21.2. The fourth-order valence-corrected chi connectivity index (χ4v) is 9.06. The number of benzene rings is 1. The minimum absolute atomic E-state index is 0.0674. The molecule has 450 valence electrons. The van der Waals surface area contributed by atoms with Gasteiger partial charge < -0.3 is 93.7 Å². The Morgan fingerprint density at radius 1 is 0.747 bits per heavy atom. The van der Waals surface area contributed by atoms with Gasteiger partial charge in [-0.3, -0.25) is 33.7 Å². The van der Waals surface area contributed by atoms with Crippen LogP contribution in [0.15, 0.2) is 24.3 Å². The van der Waals surface area contributed by atoms with Gasteiger partial charge in [-0.15, -0.1) is 0 Å². The molecule has 16 unspecified atom stereocenters. The molecule has 0 spiro atoms. The highest BCUT2D eigenvalue weighted by molar-refractivity contribution is 6.01. The maximum atomic E-state index is 14.4. The van der Waals surface area contributed by atoms with E-state index in [0.29, 0.717) is 35.9 Å². The predicted octanol–water partition coefficient (Wildman–Crippen LogP) is -2.10. The number of amides is 8. The van der Waals surface area contributed by atoms with Crippen LogP contribution in [0.3, 0.4) is 0 Å². The Bertz CT molecular complexity index is 2070. The van der Waals surface area contributed by atoms with Gasteiger partial charge in [0.05, 0.1) is 30.5 Å². The predicted molar refractivity (Wildman–Crippen MR) is 287 cm³/mol. The Kier molecular flexibility index (Phi) is 31.2. The molecule has 26 heteroatoms. The number of aliphatic hydroxyl groups excluding tert-OH is 8. The van der Waals surface area contributed by atoms with E-state index in [1.807, 2.05) is 5.32 Å². The first kappa shape index (κ1) is 69.7. The van der Waals surface area contributed by atoms with Crippen molar-refractivity contribution in [3.05, 3.63) is 29.8 Å². The smallest absolute Gasteiger partial charge is 0.326 e. The fourth-order valence-electron chi connectivity index (χ4n) is 9.06. The van der Waals surface area contributed by atoms with Gasteiger partial charge in [-0.2, -0.15) is 0 Å². The number of phenolic OH excluding ortho intramolecular Hbond substituents is 1. The average Bonchev–Trinajstić information content (AvgIpc) is 3.82. The van der Waals surface area contributed by atoms with Crippen molar-refractivity contribution in [2.24, 2.45) is 23.3 Å². The topological polar surface area (TPSA) is 437 Å². The summed E-state index contributed by atoms with van der Waals surface area (Å²) >= 11 is 0. The first-order valence-corrected chi connectivity index (χ1v) is 27.4. The zero-order valence-electron chi connectivity index (χ0n) is 46.5. The van der Waals surface area contributed by atoms with Crippen LogP contribution in [0.5, 0.6) is 5.75 Å². The van der Waals surface area contributed by atoms with Gasteiger partial charge in [0.25, 0.3) is 5.91 Å². The van der Waals surface area contributed by atoms with Crippen molar-refractivity contribution in [1.82, 2.24) is 36.4 Å². The quantitative estimate of drug-likeness (QED) is 0.0389. The van der Waals surface area contributed by atoms with Gasteiger partial charge in [0.2, 0.25) is 29.5 Å². The maximum Gasteiger partial charge on any atom is 0.326 e. The van der Waals surface area contributed by atoms with Crippen molar-refractivity contribution in [1.29, 1.82) is 0 Å². The van der Waals surface area contributed by atoms with E-state index in [1.165, 1.54) is 25.5 Å². The second-order valence-corrected chi connectivity index (χ2v) is 21.2. The zero-order valence-corrected chi connectivity index (χ0v) is 46.5. The number of fused-ring (bicyclic) bond motifs is 1. The number of unbranched alkanes of at least 4 members (excludes halogenated alkanes) is 5. The van der Waals surface area contributed by atoms with Crippen molar-refractivity contribution in [3.63, 3.8) is 0 Å². The van der Waals surface area contributed by atoms with Crippen LogP contribution in [0, 0.1) is 11.8 Å². The van der Waals surface area contributed by atoms with Crippen molar-refractivity contribution >= 4 is 47.8 Å². The number of hydrogen-bond acceptors (Lipinski definition) is 19. The monoisotopic (exact) mass is 1130 g/mol. The lowest BCUT2D eigenvalue weighted by atomic mass is 9.91. The van der Waals surface area contributed by atoms with E-state index in [-0.39, 0.29) is 36.7 Å². The van der Waals surface area contributed by atoms with E-state index in [1.54, 1.807) is 6.92 Å². The van der Waals surface area contributed by atoms with Crippen LogP contribution in [0.25, 0.3) is 0 Å². The van der Waals surface area contributed by atoms with E-state index < -0.39 is 153 Å². The third-order valence-electron chi connectivity index (χ3n) is 13.9. The summed E-state index contributed by atoms with van der Waals surface area (Å²) in [5.74, 6) is -5.94. The number of nitrogens with one attached hydrogen (secondary N) is 5. The molecule has 18 N–H and O–H groups in total. The lowest BCUT2D eigenvalue weighted by molar-refractivity contribution is -0.146. The Morgan fingerprint density at radius 3 is 1.90 bits per heavy atom. The molecule has 0 aromatic heterocycles. The number of phenols is 1. The molecule has 26 nitrogen and oxygen atoms in total. The van der Waals surface area contributed by atoms with Crippen LogP contribution in [-0.2, 0) is 33.6 Å². The van der Waals surface area contributed by atoms with Crippen molar-refractivity contribution < 1.29 is 84.3 Å². The van der Waals surface area contributed by atoms with Crippen molar-refractivity contribution in [2.75, 3.05) is 19.6 Å². The molecular formula is C53H91N9O17. The standard InChI is InChI=1S/C50H84N8O16.C3H7NO/c1-6-27(2)23-28(3)13-11-9-7-8-10-12-14-38(65)52-34-25-37(64)46(70)56-50(74)57(22-20-29(4)59)49(73)40(36(63)19-21-51)54-47(71)41(43(67)42(66)31-15-17-32(61)18-16-31)55-45(69)35-24-33(62)26-58(35)48(72)39(30(5)60)53-44(34)68;1-3(4)2-5/h15-18,27-30,33-37,39-43,46,59-64,66-67,70H,6-14,19-26,51H2,1-5H3,(H,52,65)(H,53,68)(H,54,71)(H,55,69)(H,56,74);2-3H,4H2,1H3. The lowest BCUT2D eigenvalue weighted by Crippen LogP contribution is -2.65. The van der Waals surface area contributed by atoms with Gasteiger partial charge in [-0.05, 0) is 82.5 Å². The fraction of sp³-hybridized carbons (Fsp3) is 0.736. The zero-order chi connectivity index (χ0) is 59.7. The highest BCUT2D eigenvalue weighted by Crippen LogP contribution is 2.25. The molecule has 1 aromatic rings. The number of aldehydes is 1. The van der Waals surface area contributed by atoms with Crippen LogP contribution in [0.1, 0.15) is 143 Å². The minimum Gasteiger partial charge on any atom is -0.508 e. The summed E-state index contributed by atoms with van der Waals surface area (Å²) < 4.78 is 0. The average molecular weight is 1130 g/mol. The molecule has 2 fully saturated rings. The van der Waals surface area contributed by atoms with Crippen LogP contribution in [-0.4, -0.2) is 202 Å². The van der Waals surface area contributed by atoms with Gasteiger partial charge in [0.1, 0.15) is 60.6 Å². The molecular weight excluding hydrogens is 1030 g/mol. The number of aliphatic hydroxyl groups is 8. The lowest BCUT2D eigenvalue weighted by Gasteiger charge is -2.35. The maximum absolute atomic E-state index is 14.4. The number of imide groups is 1. The highest BCUT2D eigenvalue weighted by Gasteiger charge is 2.47. The normalized spacial score (nSPS) is 26.0. The third kappa shape index (κ3) is 23.7. The number of urea groups is 1. The van der Waals surface area contributed by atoms with Crippen LogP contribution in [0.4, 0.5) is 4.79 Å². The van der Waals surface area contributed by atoms with Crippen LogP contribution < -0.4 is 38.1 Å². The second kappa shape index (κ2) is 35.3. The summed E-state index contributed by atoms with van der Waals surface area (Å²) in [5, 5.41) is 110. The number of nitrogens with two attached hydrogens (primary N) is 2. The highest BCUT2D eigenvalue weighted by atomic mass is 16.3. The summed E-state index contributed by atoms with van der Waals surface area (Å²) in [6.07, 6.45) is -7.82. The van der Waals surface area contributed by atoms with Crippen molar-refractivity contribution in [2.45, 2.75) is 217 Å². The SMILES string of the molecule is CC(N)C=O.CCC(C)CC(C)CCCCCCCCC(=O)NC1CC(O)C(O)NC(=O)N(CCC(C)O)C(=O)C(C(O)CCN)NC(=O)C(C(O)C(O)c2ccc(O)cc2)NC(=O)C2CC(O)CN2C(=O)C(C(C)O)NC1=O. The van der Waals surface area contributed by atoms with E-state index in [2.05, 4.69) is 42.0 Å². The van der Waals surface area contributed by atoms with Crippen LogP contribution >= 0.6 is 0 Å². The summed E-state index contributed by atoms with van der Waals surface area (Å²) in [7, 11) is 0. The molecule has 8 amide bonds. The number of carbonyl (C=O) groups is 8. The number of carbonyl (C=O) groups excluding carboxylic acids is 8. The van der Waals surface area contributed by atoms with Gasteiger partial charge in [0.15, 0.2) is 6.23 Å².